The highest BCUT2D eigenvalue weighted by Gasteiger charge is 2.27. The minimum atomic E-state index is -0.272. The van der Waals surface area contributed by atoms with E-state index in [-0.39, 0.29) is 24.2 Å². The van der Waals surface area contributed by atoms with Crippen molar-refractivity contribution in [1.82, 2.24) is 5.32 Å². The molecule has 0 bridgehead atoms. The molecule has 4 nitrogen and oxygen atoms in total. The van der Waals surface area contributed by atoms with Crippen molar-refractivity contribution in [2.75, 3.05) is 13.2 Å². The summed E-state index contributed by atoms with van der Waals surface area (Å²) in [4.78, 5) is 11.3. The van der Waals surface area contributed by atoms with E-state index in [1.807, 2.05) is 20.8 Å². The van der Waals surface area contributed by atoms with Crippen LogP contribution in [0.25, 0.3) is 0 Å². The number of aliphatic hydroxyl groups excluding tert-OH is 1. The Morgan fingerprint density at radius 3 is 2.31 bits per heavy atom. The first-order valence-corrected chi connectivity index (χ1v) is 6.07. The second kappa shape index (κ2) is 7.63. The van der Waals surface area contributed by atoms with Gasteiger partial charge in [0.05, 0.1) is 19.6 Å². The van der Waals surface area contributed by atoms with E-state index in [2.05, 4.69) is 5.32 Å². The van der Waals surface area contributed by atoms with Crippen molar-refractivity contribution in [3.63, 3.8) is 0 Å². The van der Waals surface area contributed by atoms with E-state index >= 15 is 0 Å². The number of nitrogens with one attached hydrogen (secondary N) is 1. The van der Waals surface area contributed by atoms with Gasteiger partial charge in [-0.15, -0.1) is 0 Å². The summed E-state index contributed by atoms with van der Waals surface area (Å²) < 4.78 is 4.89. The molecule has 2 N–H and O–H groups in total. The Morgan fingerprint density at radius 1 is 1.38 bits per heavy atom. The van der Waals surface area contributed by atoms with Crippen LogP contribution in [0.2, 0.25) is 0 Å². The van der Waals surface area contributed by atoms with Gasteiger partial charge in [-0.1, -0.05) is 13.8 Å². The quantitative estimate of drug-likeness (QED) is 0.621. The van der Waals surface area contributed by atoms with Gasteiger partial charge >= 0.3 is 5.97 Å². The smallest absolute Gasteiger partial charge is 0.307 e. The number of carbonyl (C=O) groups excluding carboxylic acids is 1. The van der Waals surface area contributed by atoms with Gasteiger partial charge < -0.3 is 15.2 Å². The van der Waals surface area contributed by atoms with Gasteiger partial charge in [-0.3, -0.25) is 4.79 Å². The molecule has 0 fully saturated rings. The molecule has 0 aromatic carbocycles. The molecule has 0 saturated carbocycles. The first-order valence-electron chi connectivity index (χ1n) is 6.07. The van der Waals surface area contributed by atoms with Crippen molar-refractivity contribution >= 4 is 5.97 Å². The SMILES string of the molecule is CCOC(=O)CC(C)NC(CC)(CC)CO. The van der Waals surface area contributed by atoms with Crippen LogP contribution in [0.15, 0.2) is 0 Å². The van der Waals surface area contributed by atoms with Crippen molar-refractivity contribution in [2.45, 2.75) is 58.5 Å². The molecule has 0 spiro atoms. The second-order valence-corrected chi connectivity index (χ2v) is 4.20. The average molecular weight is 231 g/mol. The van der Waals surface area contributed by atoms with E-state index in [9.17, 15) is 9.90 Å². The molecule has 1 unspecified atom stereocenters. The van der Waals surface area contributed by atoms with Crippen LogP contribution in [0.1, 0.15) is 47.0 Å². The van der Waals surface area contributed by atoms with Crippen LogP contribution in [0, 0.1) is 0 Å². The Balaban J connectivity index is 4.19. The van der Waals surface area contributed by atoms with Crippen molar-refractivity contribution in [2.24, 2.45) is 0 Å². The van der Waals surface area contributed by atoms with E-state index < -0.39 is 0 Å². The summed E-state index contributed by atoms with van der Waals surface area (Å²) in [5.41, 5.74) is -0.272. The number of hydrogen-bond acceptors (Lipinski definition) is 4. The van der Waals surface area contributed by atoms with E-state index in [0.717, 1.165) is 12.8 Å². The fraction of sp³-hybridized carbons (Fsp3) is 0.917. The molecule has 16 heavy (non-hydrogen) atoms. The molecular weight excluding hydrogens is 206 g/mol. The fourth-order valence-corrected chi connectivity index (χ4v) is 1.77. The van der Waals surface area contributed by atoms with Gasteiger partial charge in [0, 0.05) is 11.6 Å². The van der Waals surface area contributed by atoms with Gasteiger partial charge in [0.25, 0.3) is 0 Å². The van der Waals surface area contributed by atoms with E-state index in [4.69, 9.17) is 4.74 Å². The normalized spacial score (nSPS) is 13.6. The number of ether oxygens (including phenoxy) is 1. The minimum absolute atomic E-state index is 0.0195. The van der Waals surface area contributed by atoms with Crippen LogP contribution in [0.4, 0.5) is 0 Å². The highest BCUT2D eigenvalue weighted by atomic mass is 16.5. The Bertz CT molecular complexity index is 194. The molecule has 0 aliphatic heterocycles. The molecule has 0 aliphatic rings. The third-order valence-electron chi connectivity index (χ3n) is 2.99. The molecule has 0 rings (SSSR count). The molecule has 0 aliphatic carbocycles. The van der Waals surface area contributed by atoms with Gasteiger partial charge in [0.15, 0.2) is 0 Å². The summed E-state index contributed by atoms with van der Waals surface area (Å²) in [5, 5.41) is 12.7. The predicted molar refractivity (Wildman–Crippen MR) is 64.2 cm³/mol. The van der Waals surface area contributed by atoms with Crippen molar-refractivity contribution in [3.05, 3.63) is 0 Å². The third kappa shape index (κ3) is 4.94. The molecule has 0 aromatic heterocycles. The lowest BCUT2D eigenvalue weighted by Crippen LogP contribution is -2.52. The maximum atomic E-state index is 11.3. The topological polar surface area (TPSA) is 58.6 Å². The molecule has 4 heteroatoms. The predicted octanol–water partition coefficient (Wildman–Crippen LogP) is 1.47. The van der Waals surface area contributed by atoms with Crippen molar-refractivity contribution < 1.29 is 14.6 Å². The zero-order chi connectivity index (χ0) is 12.6. The molecular formula is C12H25NO3. The Kier molecular flexibility index (Phi) is 7.34. The number of hydrogen-bond donors (Lipinski definition) is 2. The lowest BCUT2D eigenvalue weighted by molar-refractivity contribution is -0.143. The van der Waals surface area contributed by atoms with Gasteiger partial charge in [-0.05, 0) is 26.7 Å². The zero-order valence-corrected chi connectivity index (χ0v) is 10.9. The largest absolute Gasteiger partial charge is 0.466 e. The lowest BCUT2D eigenvalue weighted by Gasteiger charge is -2.34. The maximum absolute atomic E-state index is 11.3. The number of esters is 1. The Morgan fingerprint density at radius 2 is 1.94 bits per heavy atom. The van der Waals surface area contributed by atoms with E-state index in [0.29, 0.717) is 13.0 Å². The fourth-order valence-electron chi connectivity index (χ4n) is 1.77. The standard InChI is InChI=1S/C12H25NO3/c1-5-12(6-2,9-14)13-10(4)8-11(15)16-7-3/h10,13-14H,5-9H2,1-4H3. The molecule has 0 heterocycles. The van der Waals surface area contributed by atoms with E-state index in [1.54, 1.807) is 6.92 Å². The summed E-state index contributed by atoms with van der Waals surface area (Å²) >= 11 is 0. The molecule has 0 radical (unpaired) electrons. The average Bonchev–Trinajstić information content (AvgIpc) is 2.26. The molecule has 96 valence electrons. The monoisotopic (exact) mass is 231 g/mol. The summed E-state index contributed by atoms with van der Waals surface area (Å²) in [5.74, 6) is -0.193. The van der Waals surface area contributed by atoms with Crippen LogP contribution < -0.4 is 5.32 Å². The van der Waals surface area contributed by atoms with Crippen LogP contribution in [0.3, 0.4) is 0 Å². The summed E-state index contributed by atoms with van der Waals surface area (Å²) in [7, 11) is 0. The molecule has 0 saturated heterocycles. The zero-order valence-electron chi connectivity index (χ0n) is 10.9. The van der Waals surface area contributed by atoms with Gasteiger partial charge in [-0.25, -0.2) is 0 Å². The molecule has 0 aromatic rings. The van der Waals surface area contributed by atoms with Crippen molar-refractivity contribution in [3.8, 4) is 0 Å². The highest BCUT2D eigenvalue weighted by Crippen LogP contribution is 2.15. The minimum Gasteiger partial charge on any atom is -0.466 e. The lowest BCUT2D eigenvalue weighted by atomic mass is 9.92. The van der Waals surface area contributed by atoms with Crippen LogP contribution in [0.5, 0.6) is 0 Å². The second-order valence-electron chi connectivity index (χ2n) is 4.20. The van der Waals surface area contributed by atoms with Crippen LogP contribution >= 0.6 is 0 Å². The first-order chi connectivity index (χ1) is 7.53. The molecule has 1 atom stereocenters. The summed E-state index contributed by atoms with van der Waals surface area (Å²) in [6, 6.07) is 0.0195. The Hall–Kier alpha value is -0.610. The van der Waals surface area contributed by atoms with Gasteiger partial charge in [-0.2, -0.15) is 0 Å². The van der Waals surface area contributed by atoms with Gasteiger partial charge in [0.2, 0.25) is 0 Å². The third-order valence-corrected chi connectivity index (χ3v) is 2.99. The Labute approximate surface area is 98.4 Å². The first kappa shape index (κ1) is 15.4. The van der Waals surface area contributed by atoms with Gasteiger partial charge in [0.1, 0.15) is 0 Å². The van der Waals surface area contributed by atoms with E-state index in [1.165, 1.54) is 0 Å². The maximum Gasteiger partial charge on any atom is 0.307 e. The van der Waals surface area contributed by atoms with Crippen molar-refractivity contribution in [1.29, 1.82) is 0 Å². The number of rotatable bonds is 8. The van der Waals surface area contributed by atoms with Crippen LogP contribution in [-0.4, -0.2) is 35.9 Å². The summed E-state index contributed by atoms with van der Waals surface area (Å²) in [6.07, 6.45) is 2.02. The van der Waals surface area contributed by atoms with Crippen LogP contribution in [-0.2, 0) is 9.53 Å². The highest BCUT2D eigenvalue weighted by molar-refractivity contribution is 5.70. The molecule has 0 amide bonds. The number of aliphatic hydroxyl groups is 1. The summed E-state index contributed by atoms with van der Waals surface area (Å²) in [6.45, 7) is 8.30. The number of carbonyl (C=O) groups is 1.